The van der Waals surface area contributed by atoms with Gasteiger partial charge in [-0.2, -0.15) is 0 Å². The number of hydrogen-bond donors (Lipinski definition) is 3. The maximum absolute atomic E-state index is 12.5. The molecule has 8 heteroatoms. The van der Waals surface area contributed by atoms with E-state index in [4.69, 9.17) is 0 Å². The number of H-pyrrole nitrogens is 1. The summed E-state index contributed by atoms with van der Waals surface area (Å²) in [7, 11) is 0. The fraction of sp³-hybridized carbons (Fsp3) is 0.136. The number of aliphatic carboxylic acids is 1. The number of carbonyl (C=O) groups is 2. The Morgan fingerprint density at radius 1 is 1.20 bits per heavy atom. The molecule has 0 aliphatic heterocycles. The number of nitrogens with one attached hydrogen (secondary N) is 2. The fourth-order valence-corrected chi connectivity index (χ4v) is 4.49. The Morgan fingerprint density at radius 3 is 2.83 bits per heavy atom. The number of benzene rings is 2. The molecular weight excluding hydrogens is 466 g/mol. The van der Waals surface area contributed by atoms with Crippen molar-refractivity contribution in [3.8, 4) is 10.6 Å². The normalized spacial score (nSPS) is 12.0. The van der Waals surface area contributed by atoms with E-state index < -0.39 is 12.0 Å². The molecule has 0 fully saturated rings. The average molecular weight is 484 g/mol. The molecule has 30 heavy (non-hydrogen) atoms. The number of aromatic amines is 1. The smallest absolute Gasteiger partial charge is 0.326 e. The average Bonchev–Trinajstić information content (AvgIpc) is 3.35. The lowest BCUT2D eigenvalue weighted by Crippen LogP contribution is -2.43. The van der Waals surface area contributed by atoms with E-state index >= 15 is 0 Å². The molecule has 152 valence electrons. The predicted octanol–water partition coefficient (Wildman–Crippen LogP) is 4.41. The monoisotopic (exact) mass is 483 g/mol. The Kier molecular flexibility index (Phi) is 5.96. The largest absolute Gasteiger partial charge is 0.480 e. The van der Waals surface area contributed by atoms with Crippen LogP contribution < -0.4 is 5.32 Å². The number of para-hydroxylation sites is 1. The number of nitrogens with zero attached hydrogens (tertiary/aromatic N) is 1. The van der Waals surface area contributed by atoms with Crippen LogP contribution in [0, 0.1) is 0 Å². The zero-order valence-corrected chi connectivity index (χ0v) is 18.2. The number of aromatic nitrogens is 2. The van der Waals surface area contributed by atoms with E-state index in [1.54, 1.807) is 6.20 Å². The lowest BCUT2D eigenvalue weighted by Gasteiger charge is -2.14. The van der Waals surface area contributed by atoms with E-state index in [0.717, 1.165) is 31.5 Å². The molecule has 0 unspecified atom stereocenters. The van der Waals surface area contributed by atoms with Gasteiger partial charge in [0.05, 0.1) is 12.1 Å². The minimum absolute atomic E-state index is 0.0299. The van der Waals surface area contributed by atoms with Gasteiger partial charge < -0.3 is 15.4 Å². The Morgan fingerprint density at radius 2 is 2.03 bits per heavy atom. The molecule has 0 saturated carbocycles. The SMILES string of the molecule is O=C(Cc1csc(-c2cccc(Br)c2)n1)N[C@H](Cc1c[nH]c2ccccc12)C(=O)O. The molecule has 0 bridgehead atoms. The molecular formula is C22H18BrN3O3S. The molecule has 0 aliphatic carbocycles. The number of rotatable bonds is 7. The number of hydrogen-bond acceptors (Lipinski definition) is 4. The predicted molar refractivity (Wildman–Crippen MR) is 121 cm³/mol. The van der Waals surface area contributed by atoms with Gasteiger partial charge in [0.25, 0.3) is 0 Å². The second-order valence-corrected chi connectivity index (χ2v) is 8.63. The molecule has 0 spiro atoms. The molecule has 2 aromatic carbocycles. The lowest BCUT2D eigenvalue weighted by molar-refractivity contribution is -0.141. The Labute approximate surface area is 185 Å². The number of fused-ring (bicyclic) bond motifs is 1. The topological polar surface area (TPSA) is 95.1 Å². The van der Waals surface area contributed by atoms with Gasteiger partial charge in [-0.15, -0.1) is 11.3 Å². The molecule has 2 heterocycles. The van der Waals surface area contributed by atoms with Gasteiger partial charge in [-0.05, 0) is 23.8 Å². The molecule has 1 amide bonds. The van der Waals surface area contributed by atoms with E-state index in [1.807, 2.05) is 53.9 Å². The van der Waals surface area contributed by atoms with Gasteiger partial charge >= 0.3 is 5.97 Å². The Bertz CT molecular complexity index is 1220. The summed E-state index contributed by atoms with van der Waals surface area (Å²) in [4.78, 5) is 31.9. The Balaban J connectivity index is 1.43. The second-order valence-electron chi connectivity index (χ2n) is 6.85. The number of carbonyl (C=O) groups excluding carboxylic acids is 1. The van der Waals surface area contributed by atoms with Crippen molar-refractivity contribution in [1.82, 2.24) is 15.3 Å². The maximum Gasteiger partial charge on any atom is 0.326 e. The van der Waals surface area contributed by atoms with Crippen LogP contribution in [0.15, 0.2) is 64.6 Å². The summed E-state index contributed by atoms with van der Waals surface area (Å²) in [6.07, 6.45) is 2.02. The molecule has 4 rings (SSSR count). The summed E-state index contributed by atoms with van der Waals surface area (Å²) < 4.78 is 0.955. The first-order valence-electron chi connectivity index (χ1n) is 9.27. The number of carboxylic acid groups (broad SMARTS) is 1. The number of carboxylic acids is 1. The maximum atomic E-state index is 12.5. The first-order chi connectivity index (χ1) is 14.5. The Hall–Kier alpha value is -2.97. The van der Waals surface area contributed by atoms with E-state index in [-0.39, 0.29) is 18.7 Å². The van der Waals surface area contributed by atoms with Crippen molar-refractivity contribution < 1.29 is 14.7 Å². The number of halogens is 1. The van der Waals surface area contributed by atoms with Crippen molar-refractivity contribution >= 4 is 50.0 Å². The summed E-state index contributed by atoms with van der Waals surface area (Å²) in [5, 5.41) is 15.8. The summed E-state index contributed by atoms with van der Waals surface area (Å²) in [6, 6.07) is 14.4. The summed E-state index contributed by atoms with van der Waals surface area (Å²) in [6.45, 7) is 0. The van der Waals surface area contributed by atoms with Crippen LogP contribution in [-0.4, -0.2) is 33.0 Å². The summed E-state index contributed by atoms with van der Waals surface area (Å²) in [5.74, 6) is -1.44. The van der Waals surface area contributed by atoms with Crippen LogP contribution in [0.5, 0.6) is 0 Å². The van der Waals surface area contributed by atoms with E-state index in [1.165, 1.54) is 11.3 Å². The molecule has 1 atom stereocenters. The van der Waals surface area contributed by atoms with E-state index in [0.29, 0.717) is 5.69 Å². The van der Waals surface area contributed by atoms with Gasteiger partial charge in [0.15, 0.2) is 0 Å². The van der Waals surface area contributed by atoms with Crippen LogP contribution >= 0.6 is 27.3 Å². The third-order valence-electron chi connectivity index (χ3n) is 4.70. The minimum atomic E-state index is -1.07. The third kappa shape index (κ3) is 4.60. The van der Waals surface area contributed by atoms with Crippen LogP contribution in [-0.2, 0) is 22.4 Å². The van der Waals surface area contributed by atoms with Crippen LogP contribution in [0.1, 0.15) is 11.3 Å². The molecule has 2 aromatic heterocycles. The highest BCUT2D eigenvalue weighted by Crippen LogP contribution is 2.26. The molecule has 0 aliphatic rings. The highest BCUT2D eigenvalue weighted by molar-refractivity contribution is 9.10. The van der Waals surface area contributed by atoms with Crippen molar-refractivity contribution in [3.63, 3.8) is 0 Å². The first-order valence-corrected chi connectivity index (χ1v) is 10.9. The van der Waals surface area contributed by atoms with Gasteiger partial charge in [0, 0.05) is 38.9 Å². The van der Waals surface area contributed by atoms with Crippen molar-refractivity contribution in [3.05, 3.63) is 75.8 Å². The van der Waals surface area contributed by atoms with Crippen LogP contribution in [0.2, 0.25) is 0 Å². The standard InChI is InChI=1S/C22H18BrN3O3S/c23-15-5-3-4-13(8-15)21-25-16(12-30-21)10-20(27)26-19(22(28)29)9-14-11-24-18-7-2-1-6-17(14)18/h1-8,11-12,19,24H,9-10H2,(H,26,27)(H,28,29)/t19-/m1/s1. The first kappa shape index (κ1) is 20.3. The van der Waals surface area contributed by atoms with Crippen LogP contribution in [0.4, 0.5) is 0 Å². The zero-order chi connectivity index (χ0) is 21.1. The zero-order valence-electron chi connectivity index (χ0n) is 15.8. The van der Waals surface area contributed by atoms with Crippen molar-refractivity contribution in [2.24, 2.45) is 0 Å². The number of thiazole rings is 1. The van der Waals surface area contributed by atoms with Gasteiger partial charge in [-0.3, -0.25) is 4.79 Å². The highest BCUT2D eigenvalue weighted by atomic mass is 79.9. The minimum Gasteiger partial charge on any atom is -0.480 e. The molecule has 0 radical (unpaired) electrons. The molecule has 4 aromatic rings. The molecule has 6 nitrogen and oxygen atoms in total. The fourth-order valence-electron chi connectivity index (χ4n) is 3.27. The van der Waals surface area contributed by atoms with E-state index in [2.05, 4.69) is 31.2 Å². The van der Waals surface area contributed by atoms with Gasteiger partial charge in [0.2, 0.25) is 5.91 Å². The highest BCUT2D eigenvalue weighted by Gasteiger charge is 2.22. The summed E-state index contributed by atoms with van der Waals surface area (Å²) in [5.41, 5.74) is 3.36. The molecule has 0 saturated heterocycles. The van der Waals surface area contributed by atoms with Crippen LogP contribution in [0.3, 0.4) is 0 Å². The van der Waals surface area contributed by atoms with Gasteiger partial charge in [0.1, 0.15) is 11.0 Å². The van der Waals surface area contributed by atoms with Crippen molar-refractivity contribution in [2.45, 2.75) is 18.9 Å². The van der Waals surface area contributed by atoms with Crippen molar-refractivity contribution in [1.29, 1.82) is 0 Å². The van der Waals surface area contributed by atoms with Gasteiger partial charge in [-0.25, -0.2) is 9.78 Å². The van der Waals surface area contributed by atoms with Gasteiger partial charge in [-0.1, -0.05) is 46.3 Å². The van der Waals surface area contributed by atoms with Crippen molar-refractivity contribution in [2.75, 3.05) is 0 Å². The quantitative estimate of drug-likeness (QED) is 0.362. The lowest BCUT2D eigenvalue weighted by atomic mass is 10.0. The molecule has 3 N–H and O–H groups in total. The second kappa shape index (κ2) is 8.81. The number of amides is 1. The van der Waals surface area contributed by atoms with E-state index in [9.17, 15) is 14.7 Å². The summed E-state index contributed by atoms with van der Waals surface area (Å²) >= 11 is 4.89. The third-order valence-corrected chi connectivity index (χ3v) is 6.13. The van der Waals surface area contributed by atoms with Crippen LogP contribution in [0.25, 0.3) is 21.5 Å².